The molecule has 0 aliphatic rings. The van der Waals surface area contributed by atoms with Crippen molar-refractivity contribution in [2.75, 3.05) is 37.2 Å². The first-order chi connectivity index (χ1) is 10.7. The van der Waals surface area contributed by atoms with Crippen LogP contribution < -0.4 is 11.1 Å². The third kappa shape index (κ3) is 4.56. The van der Waals surface area contributed by atoms with Gasteiger partial charge in [0.05, 0.1) is 11.2 Å². The molecule has 2 aromatic rings. The number of nitrogens with one attached hydrogen (secondary N) is 1. The summed E-state index contributed by atoms with van der Waals surface area (Å²) in [6, 6.07) is 5.69. The molecule has 0 aliphatic carbocycles. The van der Waals surface area contributed by atoms with Crippen LogP contribution in [-0.4, -0.2) is 41.0 Å². The van der Waals surface area contributed by atoms with Gasteiger partial charge in [0.15, 0.2) is 0 Å². The minimum absolute atomic E-state index is 0.532. The van der Waals surface area contributed by atoms with Crippen LogP contribution in [-0.2, 0) is 0 Å². The van der Waals surface area contributed by atoms with Gasteiger partial charge in [-0.2, -0.15) is 0 Å². The van der Waals surface area contributed by atoms with E-state index in [2.05, 4.69) is 34.0 Å². The smallest absolute Gasteiger partial charge is 0.126 e. The molecule has 2 rings (SSSR count). The van der Waals surface area contributed by atoms with Crippen molar-refractivity contribution >= 4 is 22.5 Å². The predicted molar refractivity (Wildman–Crippen MR) is 94.1 cm³/mol. The fourth-order valence-corrected chi connectivity index (χ4v) is 2.62. The Labute approximate surface area is 132 Å². The quantitative estimate of drug-likeness (QED) is 0.697. The van der Waals surface area contributed by atoms with Gasteiger partial charge >= 0.3 is 0 Å². The molecular weight excluding hydrogens is 274 g/mol. The van der Waals surface area contributed by atoms with E-state index in [9.17, 15) is 0 Å². The summed E-state index contributed by atoms with van der Waals surface area (Å²) >= 11 is 0. The zero-order valence-electron chi connectivity index (χ0n) is 13.7. The Morgan fingerprint density at radius 1 is 1.18 bits per heavy atom. The molecule has 120 valence electrons. The summed E-state index contributed by atoms with van der Waals surface area (Å²) in [5.41, 5.74) is 8.56. The Bertz CT molecular complexity index is 580. The Kier molecular flexibility index (Phi) is 6.40. The van der Waals surface area contributed by atoms with E-state index in [-0.39, 0.29) is 0 Å². The van der Waals surface area contributed by atoms with Gasteiger partial charge < -0.3 is 16.0 Å². The highest BCUT2D eigenvalue weighted by molar-refractivity contribution is 5.89. The molecule has 0 saturated heterocycles. The van der Waals surface area contributed by atoms with Crippen molar-refractivity contribution in [2.45, 2.75) is 33.1 Å². The molecule has 0 aromatic carbocycles. The zero-order chi connectivity index (χ0) is 15.8. The molecule has 0 bridgehead atoms. The summed E-state index contributed by atoms with van der Waals surface area (Å²) in [6.07, 6.45) is 5.42. The van der Waals surface area contributed by atoms with E-state index in [1.165, 1.54) is 19.4 Å². The predicted octanol–water partition coefficient (Wildman–Crippen LogP) is 3.14. The number of unbranched alkanes of at least 4 members (excludes halogenated alkanes) is 2. The Hall–Kier alpha value is -1.88. The molecule has 0 unspecified atom stereocenters. The van der Waals surface area contributed by atoms with Gasteiger partial charge in [-0.1, -0.05) is 20.3 Å². The third-order valence-electron chi connectivity index (χ3n) is 3.94. The first-order valence-electron chi connectivity index (χ1n) is 8.22. The van der Waals surface area contributed by atoms with Gasteiger partial charge in [-0.15, -0.1) is 0 Å². The summed E-state index contributed by atoms with van der Waals surface area (Å²) in [6.45, 7) is 8.85. The molecule has 2 aromatic heterocycles. The average molecular weight is 301 g/mol. The molecule has 3 N–H and O–H groups in total. The molecule has 5 nitrogen and oxygen atoms in total. The Balaban J connectivity index is 1.80. The molecule has 2 heterocycles. The Morgan fingerprint density at radius 2 is 2.00 bits per heavy atom. The minimum atomic E-state index is 0.532. The Morgan fingerprint density at radius 3 is 2.77 bits per heavy atom. The molecule has 0 aliphatic heterocycles. The van der Waals surface area contributed by atoms with E-state index >= 15 is 0 Å². The van der Waals surface area contributed by atoms with Crippen LogP contribution >= 0.6 is 0 Å². The lowest BCUT2D eigenvalue weighted by Gasteiger charge is -2.17. The number of nitrogens with two attached hydrogens (primary N) is 1. The lowest BCUT2D eigenvalue weighted by molar-refractivity contribution is 0.296. The maximum atomic E-state index is 5.86. The van der Waals surface area contributed by atoms with Gasteiger partial charge in [0.25, 0.3) is 0 Å². The standard InChI is InChI=1S/C17H27N5/c1-3-22(4-2)12-7-5-6-10-19-15-13-16(18)21-14-9-8-11-20-17(14)15/h8-9,11,13H,3-7,10,12H2,1-2H3,(H3,18,19,21). The van der Waals surface area contributed by atoms with Crippen LogP contribution in [0.3, 0.4) is 0 Å². The number of hydrogen-bond donors (Lipinski definition) is 2. The second-order valence-corrected chi connectivity index (χ2v) is 5.48. The van der Waals surface area contributed by atoms with Crippen molar-refractivity contribution < 1.29 is 0 Å². The van der Waals surface area contributed by atoms with Gasteiger partial charge in [0.1, 0.15) is 11.3 Å². The normalized spacial score (nSPS) is 11.2. The maximum Gasteiger partial charge on any atom is 0.126 e. The first-order valence-corrected chi connectivity index (χ1v) is 8.22. The number of nitrogen functional groups attached to an aromatic ring is 1. The van der Waals surface area contributed by atoms with Gasteiger partial charge in [-0.05, 0) is 44.6 Å². The van der Waals surface area contributed by atoms with E-state index in [0.29, 0.717) is 5.82 Å². The summed E-state index contributed by atoms with van der Waals surface area (Å²) in [5, 5.41) is 3.45. The minimum Gasteiger partial charge on any atom is -0.384 e. The molecule has 0 saturated carbocycles. The van der Waals surface area contributed by atoms with Crippen LogP contribution in [0.4, 0.5) is 11.5 Å². The van der Waals surface area contributed by atoms with Gasteiger partial charge in [0.2, 0.25) is 0 Å². The van der Waals surface area contributed by atoms with Crippen molar-refractivity contribution in [1.82, 2.24) is 14.9 Å². The van der Waals surface area contributed by atoms with Crippen molar-refractivity contribution in [2.24, 2.45) is 0 Å². The lowest BCUT2D eigenvalue weighted by Crippen LogP contribution is -2.23. The van der Waals surface area contributed by atoms with Crippen LogP contribution in [0, 0.1) is 0 Å². The number of rotatable bonds is 9. The monoisotopic (exact) mass is 301 g/mol. The molecule has 0 atom stereocenters. The highest BCUT2D eigenvalue weighted by Gasteiger charge is 2.04. The van der Waals surface area contributed by atoms with Crippen molar-refractivity contribution in [3.8, 4) is 0 Å². The SMILES string of the molecule is CCN(CC)CCCCCNc1cc(N)nc2cccnc12. The van der Waals surface area contributed by atoms with Crippen molar-refractivity contribution in [3.05, 3.63) is 24.4 Å². The van der Waals surface area contributed by atoms with E-state index in [4.69, 9.17) is 5.73 Å². The van der Waals surface area contributed by atoms with Crippen molar-refractivity contribution in [3.63, 3.8) is 0 Å². The van der Waals surface area contributed by atoms with Crippen LogP contribution in [0.5, 0.6) is 0 Å². The van der Waals surface area contributed by atoms with Gasteiger partial charge in [-0.3, -0.25) is 4.98 Å². The third-order valence-corrected chi connectivity index (χ3v) is 3.94. The average Bonchev–Trinajstić information content (AvgIpc) is 2.54. The first kappa shape index (κ1) is 16.5. The second kappa shape index (κ2) is 8.54. The van der Waals surface area contributed by atoms with Crippen LogP contribution in [0.15, 0.2) is 24.4 Å². The fourth-order valence-electron chi connectivity index (χ4n) is 2.62. The maximum absolute atomic E-state index is 5.86. The van der Waals surface area contributed by atoms with Crippen LogP contribution in [0.25, 0.3) is 11.0 Å². The molecular formula is C17H27N5. The molecule has 0 amide bonds. The van der Waals surface area contributed by atoms with Gasteiger partial charge in [-0.25, -0.2) is 4.98 Å². The molecule has 0 radical (unpaired) electrons. The number of hydrogen-bond acceptors (Lipinski definition) is 5. The van der Waals surface area contributed by atoms with E-state index in [1.54, 1.807) is 6.20 Å². The largest absolute Gasteiger partial charge is 0.384 e. The highest BCUT2D eigenvalue weighted by atomic mass is 15.1. The topological polar surface area (TPSA) is 67.1 Å². The van der Waals surface area contributed by atoms with E-state index < -0.39 is 0 Å². The lowest BCUT2D eigenvalue weighted by atomic mass is 10.2. The number of aromatic nitrogens is 2. The number of pyridine rings is 2. The van der Waals surface area contributed by atoms with E-state index in [1.807, 2.05) is 18.2 Å². The van der Waals surface area contributed by atoms with E-state index in [0.717, 1.165) is 42.8 Å². The summed E-state index contributed by atoms with van der Waals surface area (Å²) in [5.74, 6) is 0.532. The molecule has 0 spiro atoms. The van der Waals surface area contributed by atoms with Crippen LogP contribution in [0.1, 0.15) is 33.1 Å². The highest BCUT2D eigenvalue weighted by Crippen LogP contribution is 2.21. The number of anilines is 2. The van der Waals surface area contributed by atoms with Gasteiger partial charge in [0, 0.05) is 18.8 Å². The summed E-state index contributed by atoms with van der Waals surface area (Å²) < 4.78 is 0. The number of nitrogens with zero attached hydrogens (tertiary/aromatic N) is 3. The summed E-state index contributed by atoms with van der Waals surface area (Å²) in [4.78, 5) is 11.2. The number of fused-ring (bicyclic) bond motifs is 1. The summed E-state index contributed by atoms with van der Waals surface area (Å²) in [7, 11) is 0. The van der Waals surface area contributed by atoms with Crippen LogP contribution in [0.2, 0.25) is 0 Å². The second-order valence-electron chi connectivity index (χ2n) is 5.48. The molecule has 5 heteroatoms. The molecule has 0 fully saturated rings. The zero-order valence-corrected chi connectivity index (χ0v) is 13.7. The van der Waals surface area contributed by atoms with Crippen molar-refractivity contribution in [1.29, 1.82) is 0 Å². The fraction of sp³-hybridized carbons (Fsp3) is 0.529. The molecule has 22 heavy (non-hydrogen) atoms.